The molecule has 1 aliphatic rings. The number of methoxy groups -OCH3 is 1. The molecule has 0 bridgehead atoms. The summed E-state index contributed by atoms with van der Waals surface area (Å²) in [5.74, 6) is -1.37. The van der Waals surface area contributed by atoms with Gasteiger partial charge in [0.2, 0.25) is 0 Å². The highest BCUT2D eigenvalue weighted by Crippen LogP contribution is 2.45. The average Bonchev–Trinajstić information content (AvgIpc) is 2.19. The van der Waals surface area contributed by atoms with E-state index in [9.17, 15) is 14.3 Å². The molecule has 17 heavy (non-hydrogen) atoms. The minimum Gasteiger partial charge on any atom is -0.481 e. The Labute approximate surface area is 99.2 Å². The van der Waals surface area contributed by atoms with Gasteiger partial charge in [0, 0.05) is 12.7 Å². The lowest BCUT2D eigenvalue weighted by Crippen LogP contribution is -2.43. The monoisotopic (exact) mass is 238 g/mol. The van der Waals surface area contributed by atoms with Gasteiger partial charge in [-0.05, 0) is 24.5 Å². The van der Waals surface area contributed by atoms with Gasteiger partial charge in [-0.3, -0.25) is 4.79 Å². The summed E-state index contributed by atoms with van der Waals surface area (Å²) >= 11 is 0. The zero-order valence-corrected chi connectivity index (χ0v) is 9.70. The molecule has 1 fully saturated rings. The van der Waals surface area contributed by atoms with Crippen molar-refractivity contribution in [3.63, 3.8) is 0 Å². The first-order chi connectivity index (χ1) is 8.10. The minimum absolute atomic E-state index is 0.302. The Kier molecular flexibility index (Phi) is 3.15. The summed E-state index contributed by atoms with van der Waals surface area (Å²) in [6.45, 7) is 0.331. The zero-order valence-electron chi connectivity index (χ0n) is 9.70. The largest absolute Gasteiger partial charge is 0.481 e. The quantitative estimate of drug-likeness (QED) is 0.876. The molecule has 0 unspecified atom stereocenters. The molecule has 4 heteroatoms. The fourth-order valence-corrected chi connectivity index (χ4v) is 2.33. The molecule has 92 valence electrons. The van der Waals surface area contributed by atoms with Crippen molar-refractivity contribution in [2.24, 2.45) is 0 Å². The highest BCUT2D eigenvalue weighted by molar-refractivity contribution is 5.82. The van der Waals surface area contributed by atoms with Crippen LogP contribution >= 0.6 is 0 Å². The fraction of sp³-hybridized carbons (Fsp3) is 0.462. The predicted molar refractivity (Wildman–Crippen MR) is 60.3 cm³/mol. The van der Waals surface area contributed by atoms with Gasteiger partial charge in [0.15, 0.2) is 0 Å². The molecule has 0 spiro atoms. The third-order valence-corrected chi connectivity index (χ3v) is 3.48. The Bertz CT molecular complexity index is 438. The molecule has 0 radical (unpaired) electrons. The van der Waals surface area contributed by atoms with Crippen molar-refractivity contribution in [1.29, 1.82) is 0 Å². The van der Waals surface area contributed by atoms with E-state index in [0.29, 0.717) is 30.6 Å². The molecule has 0 saturated heterocycles. The number of hydrogen-bond donors (Lipinski definition) is 1. The van der Waals surface area contributed by atoms with Crippen molar-refractivity contribution in [2.75, 3.05) is 7.11 Å². The van der Waals surface area contributed by atoms with Crippen molar-refractivity contribution in [1.82, 2.24) is 0 Å². The number of rotatable bonds is 4. The van der Waals surface area contributed by atoms with Crippen molar-refractivity contribution in [3.05, 3.63) is 35.1 Å². The molecule has 1 saturated carbocycles. The molecule has 2 rings (SSSR count). The molecule has 1 N–H and O–H groups in total. The van der Waals surface area contributed by atoms with Crippen LogP contribution in [0.5, 0.6) is 0 Å². The first-order valence-corrected chi connectivity index (χ1v) is 5.61. The SMILES string of the molecule is COCc1ccc(C2(C(=O)O)CCC2)c(F)c1. The number of carboxylic acids is 1. The summed E-state index contributed by atoms with van der Waals surface area (Å²) in [6, 6.07) is 4.67. The highest BCUT2D eigenvalue weighted by atomic mass is 19.1. The average molecular weight is 238 g/mol. The molecule has 0 atom stereocenters. The van der Waals surface area contributed by atoms with Crippen LogP contribution in [-0.4, -0.2) is 18.2 Å². The van der Waals surface area contributed by atoms with Crippen molar-refractivity contribution < 1.29 is 19.0 Å². The number of halogens is 1. The minimum atomic E-state index is -1.00. The van der Waals surface area contributed by atoms with E-state index in [-0.39, 0.29) is 0 Å². The van der Waals surface area contributed by atoms with E-state index in [2.05, 4.69) is 0 Å². The van der Waals surface area contributed by atoms with E-state index in [4.69, 9.17) is 4.74 Å². The van der Waals surface area contributed by atoms with E-state index >= 15 is 0 Å². The van der Waals surface area contributed by atoms with Gasteiger partial charge in [-0.1, -0.05) is 18.6 Å². The van der Waals surface area contributed by atoms with Crippen LogP contribution in [0.25, 0.3) is 0 Å². The van der Waals surface area contributed by atoms with Gasteiger partial charge in [0.1, 0.15) is 5.82 Å². The van der Waals surface area contributed by atoms with Crippen LogP contribution in [0.4, 0.5) is 4.39 Å². The fourth-order valence-electron chi connectivity index (χ4n) is 2.33. The molecule has 1 aromatic carbocycles. The maximum absolute atomic E-state index is 13.9. The van der Waals surface area contributed by atoms with Gasteiger partial charge in [-0.25, -0.2) is 4.39 Å². The number of ether oxygens (including phenoxy) is 1. The Morgan fingerprint density at radius 3 is 2.65 bits per heavy atom. The summed E-state index contributed by atoms with van der Waals surface area (Å²) in [4.78, 5) is 11.3. The van der Waals surface area contributed by atoms with E-state index < -0.39 is 17.2 Å². The summed E-state index contributed by atoms with van der Waals surface area (Å²) in [5.41, 5.74) is 0.0140. The first-order valence-electron chi connectivity index (χ1n) is 5.61. The lowest BCUT2D eigenvalue weighted by Gasteiger charge is -2.38. The normalized spacial score (nSPS) is 17.5. The van der Waals surface area contributed by atoms with Gasteiger partial charge in [0.05, 0.1) is 12.0 Å². The standard InChI is InChI=1S/C13H15FO3/c1-17-8-9-3-4-10(11(14)7-9)13(12(15)16)5-2-6-13/h3-4,7H,2,5-6,8H2,1H3,(H,15,16). The topological polar surface area (TPSA) is 46.5 Å². The van der Waals surface area contributed by atoms with Crippen LogP contribution < -0.4 is 0 Å². The molecule has 3 nitrogen and oxygen atoms in total. The second kappa shape index (κ2) is 4.45. The van der Waals surface area contributed by atoms with Gasteiger partial charge in [-0.2, -0.15) is 0 Å². The Morgan fingerprint density at radius 2 is 2.24 bits per heavy atom. The zero-order chi connectivity index (χ0) is 12.5. The summed E-state index contributed by atoms with van der Waals surface area (Å²) < 4.78 is 18.8. The lowest BCUT2D eigenvalue weighted by atomic mass is 9.64. The third kappa shape index (κ3) is 1.93. The Morgan fingerprint density at radius 1 is 1.53 bits per heavy atom. The third-order valence-electron chi connectivity index (χ3n) is 3.48. The molecular formula is C13H15FO3. The van der Waals surface area contributed by atoms with Crippen LogP contribution in [0, 0.1) is 5.82 Å². The summed E-state index contributed by atoms with van der Waals surface area (Å²) in [6.07, 6.45) is 1.87. The van der Waals surface area contributed by atoms with Crippen LogP contribution in [-0.2, 0) is 21.6 Å². The van der Waals surface area contributed by atoms with E-state index in [1.54, 1.807) is 12.1 Å². The van der Waals surface area contributed by atoms with Gasteiger partial charge < -0.3 is 9.84 Å². The number of benzene rings is 1. The molecule has 1 aliphatic carbocycles. The van der Waals surface area contributed by atoms with E-state index in [0.717, 1.165) is 6.42 Å². The second-order valence-electron chi connectivity index (χ2n) is 4.49. The second-order valence-corrected chi connectivity index (χ2v) is 4.49. The molecule has 1 aromatic rings. The number of carbonyl (C=O) groups is 1. The van der Waals surface area contributed by atoms with Crippen LogP contribution in [0.15, 0.2) is 18.2 Å². The maximum atomic E-state index is 13.9. The van der Waals surface area contributed by atoms with E-state index in [1.165, 1.54) is 13.2 Å². The van der Waals surface area contributed by atoms with Gasteiger partial charge >= 0.3 is 5.97 Å². The van der Waals surface area contributed by atoms with Crippen LogP contribution in [0.1, 0.15) is 30.4 Å². The summed E-state index contributed by atoms with van der Waals surface area (Å²) in [5, 5.41) is 9.24. The van der Waals surface area contributed by atoms with Crippen LogP contribution in [0.2, 0.25) is 0 Å². The Hall–Kier alpha value is -1.42. The predicted octanol–water partition coefficient (Wildman–Crippen LogP) is 2.48. The first kappa shape index (κ1) is 12.0. The van der Waals surface area contributed by atoms with Crippen molar-refractivity contribution in [3.8, 4) is 0 Å². The van der Waals surface area contributed by atoms with Gasteiger partial charge in [-0.15, -0.1) is 0 Å². The number of hydrogen-bond acceptors (Lipinski definition) is 2. The summed E-state index contributed by atoms with van der Waals surface area (Å²) in [7, 11) is 1.54. The van der Waals surface area contributed by atoms with Crippen molar-refractivity contribution in [2.45, 2.75) is 31.3 Å². The van der Waals surface area contributed by atoms with E-state index in [1.807, 2.05) is 0 Å². The molecule has 0 aromatic heterocycles. The maximum Gasteiger partial charge on any atom is 0.314 e. The lowest BCUT2D eigenvalue weighted by molar-refractivity contribution is -0.147. The number of carboxylic acid groups (broad SMARTS) is 1. The van der Waals surface area contributed by atoms with Crippen molar-refractivity contribution >= 4 is 5.97 Å². The number of aliphatic carboxylic acids is 1. The van der Waals surface area contributed by atoms with Gasteiger partial charge in [0.25, 0.3) is 0 Å². The molecule has 0 amide bonds. The highest BCUT2D eigenvalue weighted by Gasteiger charge is 2.47. The molecular weight excluding hydrogens is 223 g/mol. The molecule has 0 heterocycles. The van der Waals surface area contributed by atoms with Crippen LogP contribution in [0.3, 0.4) is 0 Å². The Balaban J connectivity index is 2.36. The molecule has 0 aliphatic heterocycles. The smallest absolute Gasteiger partial charge is 0.314 e.